The topological polar surface area (TPSA) is 67.2 Å². The number of nitrogens with zero attached hydrogens (tertiary/aromatic N) is 3. The molecule has 9 heteroatoms. The third-order valence-electron chi connectivity index (χ3n) is 4.71. The Balaban J connectivity index is 1.61. The number of alkyl halides is 3. The first-order chi connectivity index (χ1) is 13.2. The Morgan fingerprint density at radius 3 is 2.79 bits per heavy atom. The van der Waals surface area contributed by atoms with Crippen LogP contribution < -0.4 is 5.32 Å². The highest BCUT2D eigenvalue weighted by Crippen LogP contribution is 2.30. The molecule has 1 saturated heterocycles. The van der Waals surface area contributed by atoms with Gasteiger partial charge in [-0.05, 0) is 31.5 Å². The van der Waals surface area contributed by atoms with E-state index in [4.69, 9.17) is 0 Å². The van der Waals surface area contributed by atoms with E-state index < -0.39 is 17.7 Å². The summed E-state index contributed by atoms with van der Waals surface area (Å²) in [5, 5.41) is 6.71. The van der Waals surface area contributed by atoms with E-state index in [1.54, 1.807) is 17.9 Å². The molecular weight excluding hydrogens is 373 g/mol. The van der Waals surface area contributed by atoms with Gasteiger partial charge in [-0.15, -0.1) is 0 Å². The molecule has 3 rings (SSSR count). The van der Waals surface area contributed by atoms with E-state index in [-0.39, 0.29) is 23.8 Å². The second-order valence-electron chi connectivity index (χ2n) is 6.97. The Morgan fingerprint density at radius 2 is 2.11 bits per heavy atom. The average molecular weight is 394 g/mol. The van der Waals surface area contributed by atoms with Crippen LogP contribution in [0.4, 0.5) is 18.9 Å². The number of halogens is 3. The number of aryl methyl sites for hydroxylation is 1. The van der Waals surface area contributed by atoms with Crippen LogP contribution in [0.5, 0.6) is 0 Å². The lowest BCUT2D eigenvalue weighted by Gasteiger charge is -2.31. The molecule has 1 fully saturated rings. The molecule has 1 aliphatic heterocycles. The van der Waals surface area contributed by atoms with Gasteiger partial charge < -0.3 is 5.32 Å². The normalized spacial score (nSPS) is 18.1. The van der Waals surface area contributed by atoms with E-state index in [1.807, 2.05) is 4.90 Å². The third-order valence-corrected chi connectivity index (χ3v) is 4.71. The molecule has 1 N–H and O–H groups in total. The van der Waals surface area contributed by atoms with Crippen molar-refractivity contribution in [2.75, 3.05) is 25.0 Å². The lowest BCUT2D eigenvalue weighted by atomic mass is 9.89. The smallest absolute Gasteiger partial charge is 0.322 e. The molecule has 0 unspecified atom stereocenters. The number of Topliss-reactive ketones (excluding diaryl/α,β-unsaturated/α-hetero) is 1. The number of nitrogens with one attached hydrogen (secondary N) is 1. The fourth-order valence-corrected chi connectivity index (χ4v) is 3.39. The number of carbonyl (C=O) groups excluding carboxylic acids is 2. The summed E-state index contributed by atoms with van der Waals surface area (Å²) in [7, 11) is 1.74. The lowest BCUT2D eigenvalue weighted by Crippen LogP contribution is -2.42. The molecule has 2 aromatic rings. The van der Waals surface area contributed by atoms with Gasteiger partial charge >= 0.3 is 6.18 Å². The van der Waals surface area contributed by atoms with Crippen molar-refractivity contribution >= 4 is 17.4 Å². The number of anilines is 1. The zero-order valence-corrected chi connectivity index (χ0v) is 15.4. The fraction of sp³-hybridized carbons (Fsp3) is 0.421. The van der Waals surface area contributed by atoms with Crippen molar-refractivity contribution < 1.29 is 22.8 Å². The first-order valence-electron chi connectivity index (χ1n) is 8.94. The van der Waals surface area contributed by atoms with Gasteiger partial charge in [0.15, 0.2) is 5.78 Å². The number of rotatable bonds is 5. The van der Waals surface area contributed by atoms with Crippen LogP contribution in [0, 0.1) is 5.92 Å². The SMILES string of the molecule is Cn1cc(NC(=O)CN2CCC[C@H](C(=O)c3cccc(C(F)(F)F)c3)C2)cn1. The number of hydrogen-bond acceptors (Lipinski definition) is 4. The number of piperidine rings is 1. The van der Waals surface area contributed by atoms with Gasteiger partial charge in [-0.1, -0.05) is 12.1 Å². The number of aromatic nitrogens is 2. The third kappa shape index (κ3) is 4.98. The average Bonchev–Trinajstić information content (AvgIpc) is 3.05. The van der Waals surface area contributed by atoms with Crippen LogP contribution in [0.25, 0.3) is 0 Å². The summed E-state index contributed by atoms with van der Waals surface area (Å²) >= 11 is 0. The number of benzene rings is 1. The maximum Gasteiger partial charge on any atom is 0.416 e. The van der Waals surface area contributed by atoms with Gasteiger partial charge in [-0.3, -0.25) is 19.2 Å². The second kappa shape index (κ2) is 8.14. The van der Waals surface area contributed by atoms with Crippen LogP contribution in [-0.2, 0) is 18.0 Å². The van der Waals surface area contributed by atoms with Gasteiger partial charge in [-0.25, -0.2) is 0 Å². The monoisotopic (exact) mass is 394 g/mol. The number of carbonyl (C=O) groups is 2. The van der Waals surface area contributed by atoms with Crippen LogP contribution >= 0.6 is 0 Å². The number of hydrogen-bond donors (Lipinski definition) is 1. The van der Waals surface area contributed by atoms with Crippen molar-refractivity contribution in [3.63, 3.8) is 0 Å². The quantitative estimate of drug-likeness (QED) is 0.792. The first kappa shape index (κ1) is 20.1. The van der Waals surface area contributed by atoms with Crippen molar-refractivity contribution in [3.8, 4) is 0 Å². The molecule has 2 heterocycles. The van der Waals surface area contributed by atoms with Gasteiger partial charge in [0.2, 0.25) is 5.91 Å². The Morgan fingerprint density at radius 1 is 1.32 bits per heavy atom. The Kier molecular flexibility index (Phi) is 5.83. The molecule has 1 aliphatic rings. The summed E-state index contributed by atoms with van der Waals surface area (Å²) in [6, 6.07) is 4.51. The molecule has 1 aromatic heterocycles. The molecule has 1 amide bonds. The van der Waals surface area contributed by atoms with Crippen molar-refractivity contribution in [2.24, 2.45) is 13.0 Å². The summed E-state index contributed by atoms with van der Waals surface area (Å²) in [4.78, 5) is 26.7. The standard InChI is InChI=1S/C19H21F3N4O2/c1-25-11-16(9-23-25)24-17(27)12-26-7-3-5-14(10-26)18(28)13-4-2-6-15(8-13)19(20,21)22/h2,4,6,8-9,11,14H,3,5,7,10,12H2,1H3,(H,24,27)/t14-/m0/s1. The Labute approximate surface area is 160 Å². The highest BCUT2D eigenvalue weighted by Gasteiger charge is 2.32. The van der Waals surface area contributed by atoms with Crippen LogP contribution in [0.15, 0.2) is 36.7 Å². The number of amides is 1. The Hall–Kier alpha value is -2.68. The van der Waals surface area contributed by atoms with Crippen LogP contribution in [0.3, 0.4) is 0 Å². The maximum atomic E-state index is 12.9. The van der Waals surface area contributed by atoms with E-state index in [0.29, 0.717) is 31.6 Å². The van der Waals surface area contributed by atoms with Crippen LogP contribution in [-0.4, -0.2) is 46.0 Å². The minimum atomic E-state index is -4.49. The van der Waals surface area contributed by atoms with Gasteiger partial charge in [0, 0.05) is 31.3 Å². The summed E-state index contributed by atoms with van der Waals surface area (Å²) in [6.07, 6.45) is 0.0206. The van der Waals surface area contributed by atoms with Gasteiger partial charge in [0.25, 0.3) is 0 Å². The molecule has 0 spiro atoms. The molecule has 1 atom stereocenters. The minimum absolute atomic E-state index is 0.0569. The van der Waals surface area contributed by atoms with Gasteiger partial charge in [-0.2, -0.15) is 18.3 Å². The molecule has 28 heavy (non-hydrogen) atoms. The highest BCUT2D eigenvalue weighted by molar-refractivity contribution is 5.98. The summed E-state index contributed by atoms with van der Waals surface area (Å²) in [6.45, 7) is 1.11. The molecular formula is C19H21F3N4O2. The van der Waals surface area contributed by atoms with E-state index in [9.17, 15) is 22.8 Å². The maximum absolute atomic E-state index is 12.9. The molecule has 6 nitrogen and oxygen atoms in total. The van der Waals surface area contributed by atoms with Gasteiger partial charge in [0.05, 0.1) is 24.0 Å². The molecule has 0 saturated carbocycles. The Bertz CT molecular complexity index is 863. The predicted molar refractivity (Wildman–Crippen MR) is 96.8 cm³/mol. The van der Waals surface area contributed by atoms with Crippen molar-refractivity contribution in [1.29, 1.82) is 0 Å². The van der Waals surface area contributed by atoms with Crippen LogP contribution in [0.2, 0.25) is 0 Å². The molecule has 0 aliphatic carbocycles. The molecule has 0 radical (unpaired) electrons. The number of ketones is 1. The lowest BCUT2D eigenvalue weighted by molar-refractivity contribution is -0.137. The number of likely N-dealkylation sites (tertiary alicyclic amines) is 1. The zero-order chi connectivity index (χ0) is 20.3. The predicted octanol–water partition coefficient (Wildman–Crippen LogP) is 2.97. The van der Waals surface area contributed by atoms with Gasteiger partial charge in [0.1, 0.15) is 0 Å². The molecule has 0 bridgehead atoms. The summed E-state index contributed by atoms with van der Waals surface area (Å²) in [5.41, 5.74) is -0.190. The summed E-state index contributed by atoms with van der Waals surface area (Å²) < 4.78 is 40.2. The largest absolute Gasteiger partial charge is 0.416 e. The molecule has 150 valence electrons. The summed E-state index contributed by atoms with van der Waals surface area (Å²) in [5.74, 6) is -0.966. The van der Waals surface area contributed by atoms with E-state index in [2.05, 4.69) is 10.4 Å². The molecule has 1 aromatic carbocycles. The second-order valence-corrected chi connectivity index (χ2v) is 6.97. The highest BCUT2D eigenvalue weighted by atomic mass is 19.4. The van der Waals surface area contributed by atoms with E-state index in [1.165, 1.54) is 18.3 Å². The van der Waals surface area contributed by atoms with E-state index in [0.717, 1.165) is 12.1 Å². The van der Waals surface area contributed by atoms with Crippen molar-refractivity contribution in [3.05, 3.63) is 47.8 Å². The van der Waals surface area contributed by atoms with Crippen LogP contribution in [0.1, 0.15) is 28.8 Å². The van der Waals surface area contributed by atoms with E-state index >= 15 is 0 Å². The van der Waals surface area contributed by atoms with Crippen molar-refractivity contribution in [2.45, 2.75) is 19.0 Å². The minimum Gasteiger partial charge on any atom is -0.322 e. The fourth-order valence-electron chi connectivity index (χ4n) is 3.39. The van der Waals surface area contributed by atoms with Crippen molar-refractivity contribution in [1.82, 2.24) is 14.7 Å². The first-order valence-corrected chi connectivity index (χ1v) is 8.94. The zero-order valence-electron chi connectivity index (χ0n) is 15.4.